The minimum atomic E-state index is 0.0187. The van der Waals surface area contributed by atoms with Gasteiger partial charge < -0.3 is 15.7 Å². The fraction of sp³-hybridized carbons (Fsp3) is 0.267. The Morgan fingerprint density at radius 1 is 1.30 bits per heavy atom. The second-order valence-corrected chi connectivity index (χ2v) is 5.57. The Kier molecular flexibility index (Phi) is 4.31. The van der Waals surface area contributed by atoms with Crippen LogP contribution in [0.2, 0.25) is 5.02 Å². The zero-order chi connectivity index (χ0) is 16.4. The maximum absolute atomic E-state index is 9.02. The highest BCUT2D eigenvalue weighted by Crippen LogP contribution is 2.25. The van der Waals surface area contributed by atoms with E-state index in [0.717, 1.165) is 16.6 Å². The van der Waals surface area contributed by atoms with Gasteiger partial charge in [0, 0.05) is 24.3 Å². The largest absolute Gasteiger partial charge is 0.395 e. The molecule has 0 bridgehead atoms. The molecular formula is C15H17ClN6O. The van der Waals surface area contributed by atoms with Crippen molar-refractivity contribution < 1.29 is 5.11 Å². The summed E-state index contributed by atoms with van der Waals surface area (Å²) in [5, 5.41) is 21.0. The van der Waals surface area contributed by atoms with Crippen molar-refractivity contribution in [3.8, 4) is 0 Å². The van der Waals surface area contributed by atoms with Crippen LogP contribution in [0, 0.1) is 6.92 Å². The molecule has 0 atom stereocenters. The van der Waals surface area contributed by atoms with E-state index in [1.54, 1.807) is 10.9 Å². The number of nitrogens with zero attached hydrogens (tertiary/aromatic N) is 4. The van der Waals surface area contributed by atoms with E-state index in [2.05, 4.69) is 25.7 Å². The average molecular weight is 333 g/mol. The molecule has 0 spiro atoms. The maximum atomic E-state index is 9.02. The Morgan fingerprint density at radius 2 is 2.13 bits per heavy atom. The molecule has 3 N–H and O–H groups in total. The molecule has 0 unspecified atom stereocenters. The summed E-state index contributed by atoms with van der Waals surface area (Å²) in [4.78, 5) is 8.98. The molecule has 0 radical (unpaired) electrons. The smallest absolute Gasteiger partial charge is 0.231 e. The Morgan fingerprint density at radius 3 is 2.87 bits per heavy atom. The van der Waals surface area contributed by atoms with Crippen LogP contribution >= 0.6 is 11.6 Å². The molecule has 2 aromatic heterocycles. The van der Waals surface area contributed by atoms with Crippen molar-refractivity contribution in [2.75, 3.05) is 23.8 Å². The molecule has 0 saturated heterocycles. The average Bonchev–Trinajstić information content (AvgIpc) is 2.89. The molecule has 23 heavy (non-hydrogen) atoms. The lowest BCUT2D eigenvalue weighted by atomic mass is 10.2. The first-order valence-corrected chi connectivity index (χ1v) is 7.54. The van der Waals surface area contributed by atoms with Crippen molar-refractivity contribution in [2.45, 2.75) is 6.92 Å². The maximum Gasteiger partial charge on any atom is 0.231 e. The fourth-order valence-electron chi connectivity index (χ4n) is 2.27. The number of aromatic nitrogens is 4. The first-order chi connectivity index (χ1) is 11.1. The van der Waals surface area contributed by atoms with E-state index in [4.69, 9.17) is 16.7 Å². The van der Waals surface area contributed by atoms with E-state index in [1.807, 2.05) is 32.2 Å². The van der Waals surface area contributed by atoms with Gasteiger partial charge in [0.1, 0.15) is 5.82 Å². The van der Waals surface area contributed by atoms with E-state index in [1.165, 1.54) is 0 Å². The minimum absolute atomic E-state index is 0.0187. The molecule has 2 heterocycles. The Hall–Kier alpha value is -2.38. The van der Waals surface area contributed by atoms with Crippen molar-refractivity contribution in [1.29, 1.82) is 0 Å². The summed E-state index contributed by atoms with van der Waals surface area (Å²) in [6, 6.07) is 5.57. The first kappa shape index (κ1) is 15.5. The number of nitrogens with one attached hydrogen (secondary N) is 2. The third kappa shape index (κ3) is 3.20. The van der Waals surface area contributed by atoms with Gasteiger partial charge in [-0.15, -0.1) is 0 Å². The standard InChI is InChI=1S/C15H17ClN6O/c1-9-7-10(16)3-4-12(9)19-15-20-13(17-5-6-23)11-8-18-22(2)14(11)21-15/h3-4,7-8,23H,5-6H2,1-2H3,(H2,17,19,20,21). The van der Waals surface area contributed by atoms with E-state index in [-0.39, 0.29) is 6.61 Å². The highest BCUT2D eigenvalue weighted by Gasteiger charge is 2.12. The van der Waals surface area contributed by atoms with Gasteiger partial charge in [0.15, 0.2) is 5.65 Å². The topological polar surface area (TPSA) is 87.9 Å². The van der Waals surface area contributed by atoms with Crippen molar-refractivity contribution in [1.82, 2.24) is 19.7 Å². The third-order valence-corrected chi connectivity index (χ3v) is 3.67. The number of aliphatic hydroxyl groups excluding tert-OH is 1. The molecule has 120 valence electrons. The van der Waals surface area contributed by atoms with Crippen LogP contribution in [0.1, 0.15) is 5.56 Å². The molecule has 3 aromatic rings. The molecule has 0 aliphatic heterocycles. The summed E-state index contributed by atoms with van der Waals surface area (Å²) in [5.41, 5.74) is 2.58. The predicted octanol–water partition coefficient (Wildman–Crippen LogP) is 2.47. The molecule has 0 aliphatic carbocycles. The highest BCUT2D eigenvalue weighted by molar-refractivity contribution is 6.30. The highest BCUT2D eigenvalue weighted by atomic mass is 35.5. The normalized spacial score (nSPS) is 11.0. The lowest BCUT2D eigenvalue weighted by molar-refractivity contribution is 0.311. The van der Waals surface area contributed by atoms with E-state index < -0.39 is 0 Å². The quantitative estimate of drug-likeness (QED) is 0.665. The lowest BCUT2D eigenvalue weighted by Gasteiger charge is -2.11. The Labute approximate surface area is 138 Å². The van der Waals surface area contributed by atoms with Crippen molar-refractivity contribution in [3.63, 3.8) is 0 Å². The van der Waals surface area contributed by atoms with Gasteiger partial charge in [-0.2, -0.15) is 15.1 Å². The Balaban J connectivity index is 2.01. The molecule has 7 nitrogen and oxygen atoms in total. The zero-order valence-electron chi connectivity index (χ0n) is 12.8. The number of hydrogen-bond acceptors (Lipinski definition) is 6. The molecule has 0 fully saturated rings. The minimum Gasteiger partial charge on any atom is -0.395 e. The number of anilines is 3. The Bertz CT molecular complexity index is 847. The number of aliphatic hydroxyl groups is 1. The van der Waals surface area contributed by atoms with Crippen LogP contribution in [0.15, 0.2) is 24.4 Å². The van der Waals surface area contributed by atoms with Crippen LogP contribution in [0.25, 0.3) is 11.0 Å². The summed E-state index contributed by atoms with van der Waals surface area (Å²) in [7, 11) is 1.82. The molecule has 3 rings (SSSR count). The van der Waals surface area contributed by atoms with Gasteiger partial charge in [-0.25, -0.2) is 0 Å². The van der Waals surface area contributed by atoms with Crippen LogP contribution < -0.4 is 10.6 Å². The SMILES string of the molecule is Cc1cc(Cl)ccc1Nc1nc(NCCO)c2cnn(C)c2n1. The van der Waals surface area contributed by atoms with Gasteiger partial charge in [0.2, 0.25) is 5.95 Å². The molecule has 8 heteroatoms. The molecule has 0 amide bonds. The molecular weight excluding hydrogens is 316 g/mol. The summed E-state index contributed by atoms with van der Waals surface area (Å²) < 4.78 is 1.68. The van der Waals surface area contributed by atoms with Gasteiger partial charge in [0.25, 0.3) is 0 Å². The van der Waals surface area contributed by atoms with Crippen molar-refractivity contribution in [2.24, 2.45) is 7.05 Å². The van der Waals surface area contributed by atoms with Gasteiger partial charge in [0.05, 0.1) is 18.2 Å². The van der Waals surface area contributed by atoms with E-state index >= 15 is 0 Å². The van der Waals surface area contributed by atoms with E-state index in [0.29, 0.717) is 29.0 Å². The molecule has 0 aliphatic rings. The summed E-state index contributed by atoms with van der Waals surface area (Å²) in [6.07, 6.45) is 1.70. The third-order valence-electron chi connectivity index (χ3n) is 3.43. The van der Waals surface area contributed by atoms with Gasteiger partial charge >= 0.3 is 0 Å². The number of hydrogen-bond donors (Lipinski definition) is 3. The number of rotatable bonds is 5. The number of fused-ring (bicyclic) bond motifs is 1. The summed E-state index contributed by atoms with van der Waals surface area (Å²) in [5.74, 6) is 1.08. The fourth-order valence-corrected chi connectivity index (χ4v) is 2.50. The van der Waals surface area contributed by atoms with Crippen LogP contribution in [0.5, 0.6) is 0 Å². The van der Waals surface area contributed by atoms with Crippen LogP contribution in [0.3, 0.4) is 0 Å². The number of halogens is 1. The van der Waals surface area contributed by atoms with Gasteiger partial charge in [-0.1, -0.05) is 11.6 Å². The predicted molar refractivity (Wildman–Crippen MR) is 91.4 cm³/mol. The van der Waals surface area contributed by atoms with Crippen molar-refractivity contribution >= 4 is 40.1 Å². The second kappa shape index (κ2) is 6.39. The van der Waals surface area contributed by atoms with Crippen molar-refractivity contribution in [3.05, 3.63) is 35.0 Å². The van der Waals surface area contributed by atoms with E-state index in [9.17, 15) is 0 Å². The summed E-state index contributed by atoms with van der Waals surface area (Å²) in [6.45, 7) is 2.38. The number of benzene rings is 1. The zero-order valence-corrected chi connectivity index (χ0v) is 13.6. The molecule has 0 saturated carbocycles. The van der Waals surface area contributed by atoms with Crippen LogP contribution in [-0.4, -0.2) is 38.0 Å². The monoisotopic (exact) mass is 332 g/mol. The molecule has 1 aromatic carbocycles. The number of aryl methyl sites for hydroxylation is 2. The van der Waals surface area contributed by atoms with Crippen LogP contribution in [-0.2, 0) is 7.05 Å². The van der Waals surface area contributed by atoms with Gasteiger partial charge in [-0.3, -0.25) is 4.68 Å². The first-order valence-electron chi connectivity index (χ1n) is 7.16. The summed E-state index contributed by atoms with van der Waals surface area (Å²) >= 11 is 5.98. The van der Waals surface area contributed by atoms with Gasteiger partial charge in [-0.05, 0) is 30.7 Å². The van der Waals surface area contributed by atoms with Crippen LogP contribution in [0.4, 0.5) is 17.5 Å². The lowest BCUT2D eigenvalue weighted by Crippen LogP contribution is -2.09. The second-order valence-electron chi connectivity index (χ2n) is 5.14.